The largest absolute Gasteiger partial charge is 0.433 e. The third-order valence-electron chi connectivity index (χ3n) is 2.27. The van der Waals surface area contributed by atoms with Crippen molar-refractivity contribution in [3.63, 3.8) is 0 Å². The van der Waals surface area contributed by atoms with Crippen LogP contribution in [-0.4, -0.2) is 14.8 Å². The van der Waals surface area contributed by atoms with Crippen molar-refractivity contribution in [2.45, 2.75) is 0 Å². The highest BCUT2D eigenvalue weighted by Gasteiger charge is 2.18. The molecular formula is C10H8N4OS. The highest BCUT2D eigenvalue weighted by atomic mass is 32.1. The van der Waals surface area contributed by atoms with Gasteiger partial charge in [0.15, 0.2) is 11.6 Å². The summed E-state index contributed by atoms with van der Waals surface area (Å²) in [6.45, 7) is 0. The molecule has 1 aromatic heterocycles. The molecule has 1 aromatic carbocycles. The Labute approximate surface area is 96.7 Å². The summed E-state index contributed by atoms with van der Waals surface area (Å²) < 4.78 is 7.53. The molecule has 3 rings (SSSR count). The Kier molecular flexibility index (Phi) is 1.90. The standard InChI is InChI=1S/C10H8N4OS/c1-14-10(16)12-8-9(13-14)15-7-5-3-2-4-6(7)11-8/h2-5H,1H3,(H,11,12,16). The van der Waals surface area contributed by atoms with E-state index in [4.69, 9.17) is 17.0 Å². The van der Waals surface area contributed by atoms with Gasteiger partial charge in [-0.3, -0.25) is 0 Å². The van der Waals surface area contributed by atoms with E-state index in [-0.39, 0.29) is 0 Å². The molecule has 2 heterocycles. The van der Waals surface area contributed by atoms with Crippen LogP contribution in [0, 0.1) is 4.77 Å². The Balaban J connectivity index is 2.16. The number of para-hydroxylation sites is 2. The molecule has 5 nitrogen and oxygen atoms in total. The Hall–Kier alpha value is -1.95. The van der Waals surface area contributed by atoms with Gasteiger partial charge in [0.1, 0.15) is 0 Å². The normalized spacial score (nSPS) is 12.1. The number of hydrogen-bond donors (Lipinski definition) is 1. The lowest BCUT2D eigenvalue weighted by Crippen LogP contribution is -2.11. The third-order valence-corrected chi connectivity index (χ3v) is 2.63. The van der Waals surface area contributed by atoms with Crippen LogP contribution in [0.2, 0.25) is 0 Å². The van der Waals surface area contributed by atoms with Gasteiger partial charge in [0.2, 0.25) is 4.77 Å². The average Bonchev–Trinajstić information content (AvgIpc) is 2.28. The van der Waals surface area contributed by atoms with Crippen LogP contribution in [0.1, 0.15) is 0 Å². The Morgan fingerprint density at radius 3 is 3.06 bits per heavy atom. The van der Waals surface area contributed by atoms with Crippen LogP contribution in [0.3, 0.4) is 0 Å². The molecule has 1 aliphatic rings. The molecule has 0 saturated heterocycles. The molecule has 6 heteroatoms. The first-order valence-corrected chi connectivity index (χ1v) is 5.14. The molecule has 0 radical (unpaired) electrons. The second-order valence-electron chi connectivity index (χ2n) is 3.39. The fraction of sp³-hybridized carbons (Fsp3) is 0.100. The van der Waals surface area contributed by atoms with Gasteiger partial charge in [0.25, 0.3) is 5.88 Å². The molecule has 16 heavy (non-hydrogen) atoms. The molecule has 0 atom stereocenters. The minimum absolute atomic E-state index is 0.411. The van der Waals surface area contributed by atoms with Crippen LogP contribution in [0.4, 0.5) is 11.5 Å². The lowest BCUT2D eigenvalue weighted by atomic mass is 10.2. The first kappa shape index (κ1) is 9.29. The Morgan fingerprint density at radius 1 is 1.38 bits per heavy atom. The fourth-order valence-corrected chi connectivity index (χ4v) is 1.62. The zero-order chi connectivity index (χ0) is 11.1. The summed E-state index contributed by atoms with van der Waals surface area (Å²) in [4.78, 5) is 4.19. The molecule has 0 aliphatic carbocycles. The van der Waals surface area contributed by atoms with Gasteiger partial charge in [-0.2, -0.15) is 4.98 Å². The second kappa shape index (κ2) is 3.28. The topological polar surface area (TPSA) is 52.0 Å². The van der Waals surface area contributed by atoms with Gasteiger partial charge in [-0.05, 0) is 24.4 Å². The maximum absolute atomic E-state index is 5.61. The van der Waals surface area contributed by atoms with Gasteiger partial charge in [0.05, 0.1) is 5.69 Å². The molecule has 0 bridgehead atoms. The van der Waals surface area contributed by atoms with Crippen LogP contribution in [0.15, 0.2) is 24.3 Å². The van der Waals surface area contributed by atoms with Crippen LogP contribution in [-0.2, 0) is 7.05 Å². The number of anilines is 2. The van der Waals surface area contributed by atoms with Crippen LogP contribution in [0.25, 0.3) is 0 Å². The Morgan fingerprint density at radius 2 is 2.19 bits per heavy atom. The van der Waals surface area contributed by atoms with E-state index in [0.717, 1.165) is 11.4 Å². The van der Waals surface area contributed by atoms with E-state index in [1.165, 1.54) is 4.68 Å². The summed E-state index contributed by atoms with van der Waals surface area (Å²) in [5, 5.41) is 7.31. The Bertz CT molecular complexity index is 622. The zero-order valence-electron chi connectivity index (χ0n) is 8.47. The molecule has 0 unspecified atom stereocenters. The van der Waals surface area contributed by atoms with E-state index < -0.39 is 0 Å². The molecule has 1 N–H and O–H groups in total. The SMILES string of the molecule is Cn1nc2c(nc1=S)Nc1ccccc1O2. The van der Waals surface area contributed by atoms with Crippen molar-refractivity contribution in [2.24, 2.45) is 7.05 Å². The predicted octanol–water partition coefficient (Wildman–Crippen LogP) is 2.39. The zero-order valence-corrected chi connectivity index (χ0v) is 9.28. The van der Waals surface area contributed by atoms with Gasteiger partial charge >= 0.3 is 0 Å². The summed E-state index contributed by atoms with van der Waals surface area (Å²) in [7, 11) is 1.74. The van der Waals surface area contributed by atoms with Crippen molar-refractivity contribution in [3.05, 3.63) is 29.0 Å². The molecule has 80 valence electrons. The number of rotatable bonds is 0. The molecule has 1 aliphatic heterocycles. The van der Waals surface area contributed by atoms with E-state index in [0.29, 0.717) is 16.5 Å². The van der Waals surface area contributed by atoms with Crippen LogP contribution in [0.5, 0.6) is 11.6 Å². The summed E-state index contributed by atoms with van der Waals surface area (Å²) in [5.41, 5.74) is 0.868. The number of fused-ring (bicyclic) bond motifs is 2. The first-order chi connectivity index (χ1) is 7.74. The number of aromatic nitrogens is 3. The smallest absolute Gasteiger partial charge is 0.280 e. The van der Waals surface area contributed by atoms with Crippen molar-refractivity contribution < 1.29 is 4.74 Å². The van der Waals surface area contributed by atoms with Crippen LogP contribution < -0.4 is 10.1 Å². The number of nitrogens with zero attached hydrogens (tertiary/aromatic N) is 3. The summed E-state index contributed by atoms with van der Waals surface area (Å²) in [6, 6.07) is 7.61. The van der Waals surface area contributed by atoms with Crippen molar-refractivity contribution in [1.82, 2.24) is 14.8 Å². The maximum atomic E-state index is 5.61. The molecule has 0 saturated carbocycles. The molecule has 0 amide bonds. The molecular weight excluding hydrogens is 224 g/mol. The number of nitrogens with one attached hydrogen (secondary N) is 1. The summed E-state index contributed by atoms with van der Waals surface area (Å²) in [5.74, 6) is 1.73. The van der Waals surface area contributed by atoms with Gasteiger partial charge in [-0.1, -0.05) is 12.1 Å². The average molecular weight is 232 g/mol. The molecule has 2 aromatic rings. The van der Waals surface area contributed by atoms with Gasteiger partial charge in [-0.25, -0.2) is 4.68 Å². The minimum Gasteiger partial charge on any atom is -0.433 e. The maximum Gasteiger partial charge on any atom is 0.280 e. The van der Waals surface area contributed by atoms with Gasteiger partial charge in [-0.15, -0.1) is 5.10 Å². The van der Waals surface area contributed by atoms with E-state index in [1.807, 2.05) is 24.3 Å². The van der Waals surface area contributed by atoms with Crippen molar-refractivity contribution in [1.29, 1.82) is 0 Å². The number of aryl methyl sites for hydroxylation is 1. The highest BCUT2D eigenvalue weighted by molar-refractivity contribution is 7.71. The highest BCUT2D eigenvalue weighted by Crippen LogP contribution is 2.38. The van der Waals surface area contributed by atoms with Gasteiger partial charge < -0.3 is 10.1 Å². The van der Waals surface area contributed by atoms with Crippen molar-refractivity contribution in [3.8, 4) is 11.6 Å². The lowest BCUT2D eigenvalue weighted by molar-refractivity contribution is 0.435. The number of benzene rings is 1. The van der Waals surface area contributed by atoms with E-state index in [9.17, 15) is 0 Å². The van der Waals surface area contributed by atoms with Crippen molar-refractivity contribution in [2.75, 3.05) is 5.32 Å². The fourth-order valence-electron chi connectivity index (χ4n) is 1.48. The van der Waals surface area contributed by atoms with E-state index >= 15 is 0 Å². The number of hydrogen-bond acceptors (Lipinski definition) is 5. The van der Waals surface area contributed by atoms with E-state index in [2.05, 4.69) is 15.4 Å². The third kappa shape index (κ3) is 1.35. The monoisotopic (exact) mass is 232 g/mol. The first-order valence-electron chi connectivity index (χ1n) is 4.73. The molecule has 0 fully saturated rings. The quantitative estimate of drug-likeness (QED) is 0.603. The lowest BCUT2D eigenvalue weighted by Gasteiger charge is -2.19. The van der Waals surface area contributed by atoms with E-state index in [1.54, 1.807) is 7.05 Å². The predicted molar refractivity (Wildman–Crippen MR) is 61.6 cm³/mol. The molecule has 0 spiro atoms. The number of ether oxygens (including phenoxy) is 1. The van der Waals surface area contributed by atoms with Crippen LogP contribution >= 0.6 is 12.2 Å². The summed E-state index contributed by atoms with van der Waals surface area (Å²) in [6.07, 6.45) is 0. The minimum atomic E-state index is 0.411. The van der Waals surface area contributed by atoms with Gasteiger partial charge in [0, 0.05) is 7.05 Å². The van der Waals surface area contributed by atoms with Crippen molar-refractivity contribution >= 4 is 23.7 Å². The summed E-state index contributed by atoms with van der Waals surface area (Å²) >= 11 is 5.03. The second-order valence-corrected chi connectivity index (χ2v) is 3.76.